The molecule has 0 aliphatic rings. The van der Waals surface area contributed by atoms with Crippen LogP contribution in [-0.2, 0) is 13.0 Å². The number of nitrogens with zero attached hydrogens (tertiary/aromatic N) is 1. The van der Waals surface area contributed by atoms with E-state index in [2.05, 4.69) is 16.7 Å². The minimum Gasteiger partial charge on any atom is -0.508 e. The van der Waals surface area contributed by atoms with Gasteiger partial charge in [0.2, 0.25) is 0 Å². The third-order valence-electron chi connectivity index (χ3n) is 3.12. The maximum atomic E-state index is 11.7. The molecule has 0 saturated carbocycles. The molecule has 0 spiro atoms. The first-order valence-corrected chi connectivity index (χ1v) is 6.96. The molecule has 0 aliphatic carbocycles. The van der Waals surface area contributed by atoms with Crippen molar-refractivity contribution in [1.29, 1.82) is 5.26 Å². The van der Waals surface area contributed by atoms with Gasteiger partial charge in [-0.2, -0.15) is 5.26 Å². The van der Waals surface area contributed by atoms with Crippen LogP contribution in [0.3, 0.4) is 0 Å². The van der Waals surface area contributed by atoms with E-state index in [1.807, 2.05) is 12.1 Å². The molecule has 0 saturated heterocycles. The van der Waals surface area contributed by atoms with Crippen LogP contribution in [-0.4, -0.2) is 17.7 Å². The number of nitrogens with one attached hydrogen (secondary N) is 2. The van der Waals surface area contributed by atoms with Crippen molar-refractivity contribution in [2.45, 2.75) is 13.0 Å². The summed E-state index contributed by atoms with van der Waals surface area (Å²) in [6.07, 6.45) is 0.645. The van der Waals surface area contributed by atoms with Gasteiger partial charge in [-0.25, -0.2) is 4.79 Å². The van der Waals surface area contributed by atoms with Crippen LogP contribution in [0.4, 0.5) is 4.79 Å². The quantitative estimate of drug-likeness (QED) is 0.791. The van der Waals surface area contributed by atoms with Gasteiger partial charge in [0.1, 0.15) is 5.75 Å². The summed E-state index contributed by atoms with van der Waals surface area (Å²) in [6.45, 7) is 0.848. The van der Waals surface area contributed by atoms with Gasteiger partial charge in [-0.05, 0) is 41.8 Å². The van der Waals surface area contributed by atoms with E-state index in [1.54, 1.807) is 36.4 Å². The number of phenols is 1. The molecule has 0 fully saturated rings. The summed E-state index contributed by atoms with van der Waals surface area (Å²) in [5.74, 6) is 0.222. The Morgan fingerprint density at radius 1 is 1.09 bits per heavy atom. The Morgan fingerprint density at radius 2 is 1.86 bits per heavy atom. The molecule has 2 amide bonds. The summed E-state index contributed by atoms with van der Waals surface area (Å²) >= 11 is 0. The van der Waals surface area contributed by atoms with Crippen molar-refractivity contribution in [3.8, 4) is 11.8 Å². The molecule has 0 atom stereocenters. The number of nitriles is 1. The number of carbonyl (C=O) groups is 1. The maximum absolute atomic E-state index is 11.7. The Labute approximate surface area is 129 Å². The van der Waals surface area contributed by atoms with Gasteiger partial charge in [0.25, 0.3) is 0 Å². The molecule has 5 nitrogen and oxygen atoms in total. The van der Waals surface area contributed by atoms with Crippen LogP contribution < -0.4 is 10.6 Å². The number of amides is 2. The number of aromatic hydroxyl groups is 1. The van der Waals surface area contributed by atoms with E-state index >= 15 is 0 Å². The molecule has 2 rings (SSSR count). The lowest BCUT2D eigenvalue weighted by molar-refractivity contribution is 0.240. The number of hydrogen-bond acceptors (Lipinski definition) is 3. The van der Waals surface area contributed by atoms with E-state index in [4.69, 9.17) is 5.26 Å². The second kappa shape index (κ2) is 7.70. The summed E-state index contributed by atoms with van der Waals surface area (Å²) in [6, 6.07) is 15.9. The fraction of sp³-hybridized carbons (Fsp3) is 0.176. The maximum Gasteiger partial charge on any atom is 0.315 e. The van der Waals surface area contributed by atoms with Gasteiger partial charge in [-0.15, -0.1) is 0 Å². The molecule has 0 aromatic heterocycles. The Hall–Kier alpha value is -3.00. The first-order chi connectivity index (χ1) is 10.7. The van der Waals surface area contributed by atoms with Crippen LogP contribution in [0.2, 0.25) is 0 Å². The Morgan fingerprint density at radius 3 is 2.64 bits per heavy atom. The van der Waals surface area contributed by atoms with Gasteiger partial charge in [0.15, 0.2) is 0 Å². The molecule has 22 heavy (non-hydrogen) atoms. The average molecular weight is 295 g/mol. The van der Waals surface area contributed by atoms with Gasteiger partial charge in [-0.1, -0.05) is 24.3 Å². The highest BCUT2D eigenvalue weighted by atomic mass is 16.3. The van der Waals surface area contributed by atoms with Gasteiger partial charge >= 0.3 is 6.03 Å². The molecule has 0 aliphatic heterocycles. The molecule has 0 bridgehead atoms. The van der Waals surface area contributed by atoms with E-state index in [-0.39, 0.29) is 11.8 Å². The molecule has 2 aromatic rings. The first-order valence-electron chi connectivity index (χ1n) is 6.96. The lowest BCUT2D eigenvalue weighted by Gasteiger charge is -2.08. The zero-order valence-corrected chi connectivity index (χ0v) is 12.0. The molecular weight excluding hydrogens is 278 g/mol. The fourth-order valence-corrected chi connectivity index (χ4v) is 2.03. The van der Waals surface area contributed by atoms with Crippen molar-refractivity contribution in [3.63, 3.8) is 0 Å². The molecule has 0 unspecified atom stereocenters. The highest BCUT2D eigenvalue weighted by molar-refractivity contribution is 5.73. The number of phenolic OH excluding ortho intramolecular Hbond substituents is 1. The minimum atomic E-state index is -0.262. The monoisotopic (exact) mass is 295 g/mol. The number of hydrogen-bond donors (Lipinski definition) is 3. The van der Waals surface area contributed by atoms with E-state index in [0.717, 1.165) is 11.1 Å². The second-order valence-electron chi connectivity index (χ2n) is 4.84. The zero-order chi connectivity index (χ0) is 15.8. The third-order valence-corrected chi connectivity index (χ3v) is 3.12. The molecule has 0 radical (unpaired) electrons. The van der Waals surface area contributed by atoms with Crippen LogP contribution in [0.1, 0.15) is 16.7 Å². The summed E-state index contributed by atoms with van der Waals surface area (Å²) in [7, 11) is 0. The van der Waals surface area contributed by atoms with E-state index in [0.29, 0.717) is 25.1 Å². The van der Waals surface area contributed by atoms with Crippen molar-refractivity contribution in [2.75, 3.05) is 6.54 Å². The van der Waals surface area contributed by atoms with Crippen LogP contribution in [0.15, 0.2) is 48.5 Å². The van der Waals surface area contributed by atoms with E-state index < -0.39 is 0 Å². The third kappa shape index (κ3) is 4.84. The predicted molar refractivity (Wildman–Crippen MR) is 83.2 cm³/mol. The largest absolute Gasteiger partial charge is 0.508 e. The lowest BCUT2D eigenvalue weighted by atomic mass is 10.1. The first kappa shape index (κ1) is 15.4. The van der Waals surface area contributed by atoms with Crippen LogP contribution in [0.25, 0.3) is 0 Å². The average Bonchev–Trinajstić information content (AvgIpc) is 2.53. The van der Waals surface area contributed by atoms with Crippen molar-refractivity contribution >= 4 is 6.03 Å². The van der Waals surface area contributed by atoms with Gasteiger partial charge < -0.3 is 15.7 Å². The topological polar surface area (TPSA) is 85.2 Å². The van der Waals surface area contributed by atoms with Gasteiger partial charge in [-0.3, -0.25) is 0 Å². The van der Waals surface area contributed by atoms with Crippen LogP contribution in [0.5, 0.6) is 5.75 Å². The number of urea groups is 1. The number of benzene rings is 2. The molecule has 3 N–H and O–H groups in total. The highest BCUT2D eigenvalue weighted by Crippen LogP contribution is 2.10. The van der Waals surface area contributed by atoms with Crippen LogP contribution >= 0.6 is 0 Å². The molecule has 5 heteroatoms. The summed E-state index contributed by atoms with van der Waals surface area (Å²) in [5.41, 5.74) is 2.41. The van der Waals surface area contributed by atoms with Gasteiger partial charge in [0.05, 0.1) is 11.6 Å². The highest BCUT2D eigenvalue weighted by Gasteiger charge is 2.01. The van der Waals surface area contributed by atoms with Crippen molar-refractivity contribution in [3.05, 3.63) is 65.2 Å². The zero-order valence-electron chi connectivity index (χ0n) is 12.0. The fourth-order valence-electron chi connectivity index (χ4n) is 2.03. The molecule has 0 heterocycles. The Kier molecular flexibility index (Phi) is 5.38. The Balaban J connectivity index is 1.73. The SMILES string of the molecule is N#Cc1cccc(CNC(=O)NCCc2cccc(O)c2)c1. The molecular formula is C17H17N3O2. The van der Waals surface area contributed by atoms with Crippen molar-refractivity contribution in [1.82, 2.24) is 10.6 Å². The lowest BCUT2D eigenvalue weighted by Crippen LogP contribution is -2.36. The normalized spacial score (nSPS) is 9.77. The summed E-state index contributed by atoms with van der Waals surface area (Å²) < 4.78 is 0. The Bertz CT molecular complexity index is 692. The number of rotatable bonds is 5. The van der Waals surface area contributed by atoms with Crippen molar-refractivity contribution < 1.29 is 9.90 Å². The standard InChI is InChI=1S/C17H17N3O2/c18-11-14-4-1-5-15(9-14)12-20-17(22)19-8-7-13-3-2-6-16(21)10-13/h1-6,9-10,21H,7-8,12H2,(H2,19,20,22). The summed E-state index contributed by atoms with van der Waals surface area (Å²) in [5, 5.41) is 23.7. The van der Waals surface area contributed by atoms with E-state index in [1.165, 1.54) is 0 Å². The summed E-state index contributed by atoms with van der Waals surface area (Å²) in [4.78, 5) is 11.7. The predicted octanol–water partition coefficient (Wildman–Crippen LogP) is 2.31. The van der Waals surface area contributed by atoms with Gasteiger partial charge in [0, 0.05) is 13.1 Å². The second-order valence-corrected chi connectivity index (χ2v) is 4.84. The van der Waals surface area contributed by atoms with Crippen molar-refractivity contribution in [2.24, 2.45) is 0 Å². The minimum absolute atomic E-state index is 0.222. The number of carbonyl (C=O) groups excluding carboxylic acids is 1. The van der Waals surface area contributed by atoms with Crippen LogP contribution in [0, 0.1) is 11.3 Å². The molecule has 2 aromatic carbocycles. The smallest absolute Gasteiger partial charge is 0.315 e. The van der Waals surface area contributed by atoms with E-state index in [9.17, 15) is 9.90 Å². The molecule has 112 valence electrons.